The van der Waals surface area contributed by atoms with Crippen molar-refractivity contribution in [2.24, 2.45) is 0 Å². The van der Waals surface area contributed by atoms with E-state index in [1.807, 2.05) is 54.6 Å². The first kappa shape index (κ1) is 30.1. The van der Waals surface area contributed by atoms with E-state index in [0.29, 0.717) is 28.4 Å². The summed E-state index contributed by atoms with van der Waals surface area (Å²) in [6.07, 6.45) is 0.310. The first-order valence-electron chi connectivity index (χ1n) is 13.6. The predicted octanol–water partition coefficient (Wildman–Crippen LogP) is 5.35. The van der Waals surface area contributed by atoms with Crippen LogP contribution >= 0.6 is 0 Å². The Morgan fingerprint density at radius 2 is 1.38 bits per heavy atom. The zero-order chi connectivity index (χ0) is 29.9. The Labute approximate surface area is 245 Å². The van der Waals surface area contributed by atoms with Crippen LogP contribution in [-0.2, 0) is 35.5 Å². The van der Waals surface area contributed by atoms with E-state index in [1.54, 1.807) is 49.5 Å². The third-order valence-electron chi connectivity index (χ3n) is 6.99. The van der Waals surface area contributed by atoms with Gasteiger partial charge in [0.15, 0.2) is 11.5 Å². The summed E-state index contributed by atoms with van der Waals surface area (Å²) in [5.41, 5.74) is 3.12. The Morgan fingerprint density at radius 1 is 0.738 bits per heavy atom. The molecule has 2 amide bonds. The van der Waals surface area contributed by atoms with Gasteiger partial charge in [-0.25, -0.2) is 4.39 Å². The maximum Gasteiger partial charge on any atom is 0.243 e. The standard InChI is InChI=1S/C34H35FN2O5/c1-40-30-12-8-7-11-27(30)22-36-34(39)29(19-24-9-5-4-6-10-24)37(23-25-13-16-28(35)17-14-25)33(38)21-26-15-18-31(41-2)32(20-26)42-3/h4-18,20,29H,19,21-23H2,1-3H3,(H,36,39). The van der Waals surface area contributed by atoms with Crippen LogP contribution in [0.1, 0.15) is 22.3 Å². The molecule has 0 aromatic heterocycles. The molecule has 0 saturated heterocycles. The third kappa shape index (κ3) is 7.87. The molecule has 0 saturated carbocycles. The minimum atomic E-state index is -0.847. The lowest BCUT2D eigenvalue weighted by molar-refractivity contribution is -0.140. The van der Waals surface area contributed by atoms with Gasteiger partial charge in [-0.2, -0.15) is 0 Å². The van der Waals surface area contributed by atoms with Crippen molar-refractivity contribution in [2.75, 3.05) is 21.3 Å². The van der Waals surface area contributed by atoms with E-state index in [0.717, 1.165) is 11.1 Å². The van der Waals surface area contributed by atoms with Gasteiger partial charge in [0.1, 0.15) is 17.6 Å². The predicted molar refractivity (Wildman–Crippen MR) is 159 cm³/mol. The Hall–Kier alpha value is -4.85. The minimum Gasteiger partial charge on any atom is -0.496 e. The summed E-state index contributed by atoms with van der Waals surface area (Å²) in [6, 6.07) is 27.4. The van der Waals surface area contributed by atoms with Crippen molar-refractivity contribution in [1.29, 1.82) is 0 Å². The third-order valence-corrected chi connectivity index (χ3v) is 6.99. The van der Waals surface area contributed by atoms with Crippen LogP contribution in [0.3, 0.4) is 0 Å². The van der Waals surface area contributed by atoms with E-state index in [2.05, 4.69) is 5.32 Å². The number of rotatable bonds is 13. The van der Waals surface area contributed by atoms with Gasteiger partial charge < -0.3 is 24.4 Å². The van der Waals surface area contributed by atoms with E-state index in [9.17, 15) is 14.0 Å². The van der Waals surface area contributed by atoms with Crippen molar-refractivity contribution in [1.82, 2.24) is 10.2 Å². The van der Waals surface area contributed by atoms with Crippen molar-refractivity contribution in [2.45, 2.75) is 32.0 Å². The molecule has 0 aliphatic rings. The Balaban J connectivity index is 1.67. The molecule has 218 valence electrons. The number of benzene rings is 4. The van der Waals surface area contributed by atoms with Crippen molar-refractivity contribution in [3.8, 4) is 17.2 Å². The zero-order valence-electron chi connectivity index (χ0n) is 24.0. The first-order chi connectivity index (χ1) is 20.4. The molecule has 8 heteroatoms. The van der Waals surface area contributed by atoms with Gasteiger partial charge in [-0.3, -0.25) is 9.59 Å². The molecule has 4 aromatic carbocycles. The van der Waals surface area contributed by atoms with Crippen LogP contribution in [0.25, 0.3) is 0 Å². The number of ether oxygens (including phenoxy) is 3. The molecule has 0 heterocycles. The maximum atomic E-state index is 14.0. The van der Waals surface area contributed by atoms with Gasteiger partial charge in [-0.15, -0.1) is 0 Å². The molecule has 42 heavy (non-hydrogen) atoms. The number of halogens is 1. The monoisotopic (exact) mass is 570 g/mol. The SMILES string of the molecule is COc1ccccc1CNC(=O)C(Cc1ccccc1)N(Cc1ccc(F)cc1)C(=O)Cc1ccc(OC)c(OC)c1. The summed E-state index contributed by atoms with van der Waals surface area (Å²) in [5.74, 6) is 0.757. The largest absolute Gasteiger partial charge is 0.496 e. The summed E-state index contributed by atoms with van der Waals surface area (Å²) < 4.78 is 29.9. The number of nitrogens with one attached hydrogen (secondary N) is 1. The molecule has 0 aliphatic heterocycles. The topological polar surface area (TPSA) is 77.1 Å². The molecule has 1 unspecified atom stereocenters. The average molecular weight is 571 g/mol. The van der Waals surface area contributed by atoms with Crippen LogP contribution < -0.4 is 19.5 Å². The van der Waals surface area contributed by atoms with Crippen LogP contribution in [0.15, 0.2) is 97.1 Å². The number of hydrogen-bond donors (Lipinski definition) is 1. The molecule has 1 atom stereocenters. The Morgan fingerprint density at radius 3 is 2.07 bits per heavy atom. The van der Waals surface area contributed by atoms with Crippen LogP contribution in [0.2, 0.25) is 0 Å². The number of carbonyl (C=O) groups excluding carboxylic acids is 2. The number of para-hydroxylation sites is 1. The lowest BCUT2D eigenvalue weighted by Gasteiger charge is -2.32. The fourth-order valence-electron chi connectivity index (χ4n) is 4.76. The van der Waals surface area contributed by atoms with Gasteiger partial charge in [0, 0.05) is 25.1 Å². The van der Waals surface area contributed by atoms with Gasteiger partial charge in [0.25, 0.3) is 0 Å². The highest BCUT2D eigenvalue weighted by Gasteiger charge is 2.30. The Bertz CT molecular complexity index is 1480. The highest BCUT2D eigenvalue weighted by Crippen LogP contribution is 2.28. The summed E-state index contributed by atoms with van der Waals surface area (Å²) >= 11 is 0. The number of hydrogen-bond acceptors (Lipinski definition) is 5. The van der Waals surface area contributed by atoms with Crippen molar-refractivity contribution >= 4 is 11.8 Å². The average Bonchev–Trinajstić information content (AvgIpc) is 3.02. The van der Waals surface area contributed by atoms with Gasteiger partial charge >= 0.3 is 0 Å². The van der Waals surface area contributed by atoms with E-state index >= 15 is 0 Å². The molecular weight excluding hydrogens is 535 g/mol. The lowest BCUT2D eigenvalue weighted by Crippen LogP contribution is -2.50. The normalized spacial score (nSPS) is 11.3. The van der Waals surface area contributed by atoms with Gasteiger partial charge in [0.2, 0.25) is 11.8 Å². The molecule has 0 aliphatic carbocycles. The first-order valence-corrected chi connectivity index (χ1v) is 13.6. The van der Waals surface area contributed by atoms with Crippen LogP contribution in [-0.4, -0.2) is 44.1 Å². The summed E-state index contributed by atoms with van der Waals surface area (Å²) in [6.45, 7) is 0.342. The molecule has 0 bridgehead atoms. The fraction of sp³-hybridized carbons (Fsp3) is 0.235. The van der Waals surface area contributed by atoms with Gasteiger partial charge in [0.05, 0.1) is 27.8 Å². The number of methoxy groups -OCH3 is 3. The fourth-order valence-corrected chi connectivity index (χ4v) is 4.76. The number of nitrogens with zero attached hydrogens (tertiary/aromatic N) is 1. The second-order valence-corrected chi connectivity index (χ2v) is 9.75. The molecule has 4 aromatic rings. The summed E-state index contributed by atoms with van der Waals surface area (Å²) in [5, 5.41) is 3.01. The van der Waals surface area contributed by atoms with Crippen LogP contribution in [0.5, 0.6) is 17.2 Å². The lowest BCUT2D eigenvalue weighted by atomic mass is 10.0. The molecule has 0 radical (unpaired) electrons. The van der Waals surface area contributed by atoms with Gasteiger partial charge in [-0.1, -0.05) is 66.7 Å². The highest BCUT2D eigenvalue weighted by molar-refractivity contribution is 5.89. The number of carbonyl (C=O) groups is 2. The second-order valence-electron chi connectivity index (χ2n) is 9.75. The van der Waals surface area contributed by atoms with E-state index in [1.165, 1.54) is 19.2 Å². The molecule has 7 nitrogen and oxygen atoms in total. The quantitative estimate of drug-likeness (QED) is 0.235. The van der Waals surface area contributed by atoms with Crippen LogP contribution in [0.4, 0.5) is 4.39 Å². The molecule has 0 fully saturated rings. The van der Waals surface area contributed by atoms with Gasteiger partial charge in [-0.05, 0) is 47.0 Å². The summed E-state index contributed by atoms with van der Waals surface area (Å²) in [4.78, 5) is 29.5. The summed E-state index contributed by atoms with van der Waals surface area (Å²) in [7, 11) is 4.66. The van der Waals surface area contributed by atoms with E-state index in [4.69, 9.17) is 14.2 Å². The maximum absolute atomic E-state index is 14.0. The smallest absolute Gasteiger partial charge is 0.243 e. The molecule has 0 spiro atoms. The van der Waals surface area contributed by atoms with Crippen molar-refractivity contribution in [3.63, 3.8) is 0 Å². The number of amides is 2. The van der Waals surface area contributed by atoms with Crippen molar-refractivity contribution in [3.05, 3.63) is 125 Å². The molecule has 1 N–H and O–H groups in total. The van der Waals surface area contributed by atoms with E-state index in [-0.39, 0.29) is 43.6 Å². The zero-order valence-corrected chi connectivity index (χ0v) is 24.0. The minimum absolute atomic E-state index is 0.0205. The highest BCUT2D eigenvalue weighted by atomic mass is 19.1. The van der Waals surface area contributed by atoms with Crippen molar-refractivity contribution < 1.29 is 28.2 Å². The van der Waals surface area contributed by atoms with E-state index < -0.39 is 6.04 Å². The molecule has 4 rings (SSSR count). The van der Waals surface area contributed by atoms with Crippen LogP contribution in [0, 0.1) is 5.82 Å². The Kier molecular flexibility index (Phi) is 10.5. The second kappa shape index (κ2) is 14.7. The molecular formula is C34H35FN2O5.